The molecular formula is C12H12ClNO3. The van der Waals surface area contributed by atoms with Crippen molar-refractivity contribution in [3.05, 3.63) is 28.9 Å². The molecule has 17 heavy (non-hydrogen) atoms. The summed E-state index contributed by atoms with van der Waals surface area (Å²) in [6, 6.07) is 5.54. The summed E-state index contributed by atoms with van der Waals surface area (Å²) in [5.74, 6) is 0.398. The highest BCUT2D eigenvalue weighted by Gasteiger charge is 2.14. The van der Waals surface area contributed by atoms with E-state index in [4.69, 9.17) is 16.3 Å². The summed E-state index contributed by atoms with van der Waals surface area (Å²) in [5.41, 5.74) is 1.60. The Morgan fingerprint density at radius 1 is 1.41 bits per heavy atom. The lowest BCUT2D eigenvalue weighted by Crippen LogP contribution is -2.04. The van der Waals surface area contributed by atoms with E-state index in [2.05, 4.69) is 9.72 Å². The molecule has 0 aliphatic heterocycles. The van der Waals surface area contributed by atoms with Crippen LogP contribution < -0.4 is 4.74 Å². The molecule has 1 aromatic heterocycles. The van der Waals surface area contributed by atoms with Gasteiger partial charge in [0.1, 0.15) is 10.9 Å². The van der Waals surface area contributed by atoms with Gasteiger partial charge in [0.05, 0.1) is 20.6 Å². The number of hydrogen-bond donors (Lipinski definition) is 1. The van der Waals surface area contributed by atoms with E-state index in [1.54, 1.807) is 7.11 Å². The van der Waals surface area contributed by atoms with Crippen molar-refractivity contribution in [2.75, 3.05) is 14.2 Å². The Morgan fingerprint density at radius 2 is 2.18 bits per heavy atom. The van der Waals surface area contributed by atoms with Crippen LogP contribution in [0.5, 0.6) is 5.75 Å². The molecule has 2 rings (SSSR count). The number of carbonyl (C=O) groups is 1. The molecule has 0 amide bonds. The predicted octanol–water partition coefficient (Wildman–Crippen LogP) is 2.55. The second-order valence-electron chi connectivity index (χ2n) is 3.58. The Kier molecular flexibility index (Phi) is 3.24. The van der Waals surface area contributed by atoms with Crippen LogP contribution in [0.3, 0.4) is 0 Å². The number of esters is 1. The molecule has 1 N–H and O–H groups in total. The number of hydrogen-bond acceptors (Lipinski definition) is 3. The molecule has 1 aromatic carbocycles. The number of aromatic amines is 1. The van der Waals surface area contributed by atoms with Crippen molar-refractivity contribution >= 4 is 28.5 Å². The molecule has 2 aromatic rings. The van der Waals surface area contributed by atoms with Gasteiger partial charge in [-0.05, 0) is 18.2 Å². The van der Waals surface area contributed by atoms with Crippen molar-refractivity contribution in [1.82, 2.24) is 4.98 Å². The number of aromatic nitrogens is 1. The number of benzene rings is 1. The van der Waals surface area contributed by atoms with Gasteiger partial charge in [0, 0.05) is 16.5 Å². The first kappa shape index (κ1) is 11.8. The molecule has 0 fully saturated rings. The van der Waals surface area contributed by atoms with Crippen molar-refractivity contribution in [3.8, 4) is 5.75 Å². The average molecular weight is 254 g/mol. The maximum Gasteiger partial charge on any atom is 0.310 e. The summed E-state index contributed by atoms with van der Waals surface area (Å²) in [5, 5.41) is 1.33. The second kappa shape index (κ2) is 4.67. The predicted molar refractivity (Wildman–Crippen MR) is 65.6 cm³/mol. The van der Waals surface area contributed by atoms with Crippen molar-refractivity contribution in [2.45, 2.75) is 6.42 Å². The van der Waals surface area contributed by atoms with Gasteiger partial charge in [0.25, 0.3) is 0 Å². The van der Waals surface area contributed by atoms with Gasteiger partial charge in [-0.2, -0.15) is 0 Å². The highest BCUT2D eigenvalue weighted by atomic mass is 35.5. The van der Waals surface area contributed by atoms with Gasteiger partial charge >= 0.3 is 5.97 Å². The van der Waals surface area contributed by atoms with Crippen LogP contribution in [0, 0.1) is 0 Å². The largest absolute Gasteiger partial charge is 0.497 e. The first-order valence-electron chi connectivity index (χ1n) is 5.06. The van der Waals surface area contributed by atoms with Gasteiger partial charge in [-0.25, -0.2) is 0 Å². The fraction of sp³-hybridized carbons (Fsp3) is 0.250. The average Bonchev–Trinajstić information content (AvgIpc) is 2.65. The van der Waals surface area contributed by atoms with E-state index in [-0.39, 0.29) is 12.4 Å². The standard InChI is InChI=1S/C12H12ClNO3/c1-16-7-3-4-10-8(5-7)9(12(13)14-10)6-11(15)17-2/h3-5,14H,6H2,1-2H3. The quantitative estimate of drug-likeness (QED) is 0.856. The number of halogens is 1. The summed E-state index contributed by atoms with van der Waals surface area (Å²) in [6.45, 7) is 0. The topological polar surface area (TPSA) is 51.3 Å². The zero-order valence-corrected chi connectivity index (χ0v) is 10.3. The molecule has 0 aliphatic rings. The van der Waals surface area contributed by atoms with E-state index in [9.17, 15) is 4.79 Å². The molecule has 5 heteroatoms. The van der Waals surface area contributed by atoms with Gasteiger partial charge in [-0.1, -0.05) is 11.6 Å². The molecule has 0 saturated carbocycles. The fourth-order valence-corrected chi connectivity index (χ4v) is 1.98. The summed E-state index contributed by atoms with van der Waals surface area (Å²) in [4.78, 5) is 14.3. The van der Waals surface area contributed by atoms with Gasteiger partial charge in [0.2, 0.25) is 0 Å². The van der Waals surface area contributed by atoms with Crippen LogP contribution in [0.1, 0.15) is 5.56 Å². The lowest BCUT2D eigenvalue weighted by Gasteiger charge is -2.01. The number of rotatable bonds is 3. The normalized spacial score (nSPS) is 10.5. The lowest BCUT2D eigenvalue weighted by molar-refractivity contribution is -0.139. The lowest BCUT2D eigenvalue weighted by atomic mass is 10.1. The number of ether oxygens (including phenoxy) is 2. The third-order valence-corrected chi connectivity index (χ3v) is 2.93. The third kappa shape index (κ3) is 2.22. The van der Waals surface area contributed by atoms with Crippen molar-refractivity contribution in [3.63, 3.8) is 0 Å². The molecular weight excluding hydrogens is 242 g/mol. The molecule has 0 radical (unpaired) electrons. The molecule has 0 saturated heterocycles. The number of H-pyrrole nitrogens is 1. The van der Waals surface area contributed by atoms with E-state index < -0.39 is 0 Å². The van der Waals surface area contributed by atoms with Crippen LogP contribution in [-0.4, -0.2) is 25.2 Å². The van der Waals surface area contributed by atoms with Crippen molar-refractivity contribution in [1.29, 1.82) is 0 Å². The number of fused-ring (bicyclic) bond motifs is 1. The summed E-state index contributed by atoms with van der Waals surface area (Å²) in [7, 11) is 2.95. The monoisotopic (exact) mass is 253 g/mol. The Bertz CT molecular complexity index is 562. The van der Waals surface area contributed by atoms with Crippen LogP contribution in [0.2, 0.25) is 5.15 Å². The molecule has 90 valence electrons. The SMILES string of the molecule is COC(=O)Cc1c(Cl)[nH]c2ccc(OC)cc12. The van der Waals surface area contributed by atoms with E-state index in [1.807, 2.05) is 18.2 Å². The van der Waals surface area contributed by atoms with Gasteiger partial charge in [0.15, 0.2) is 0 Å². The Hall–Kier alpha value is -1.68. The minimum absolute atomic E-state index is 0.141. The van der Waals surface area contributed by atoms with Crippen molar-refractivity contribution < 1.29 is 14.3 Å². The molecule has 0 unspecified atom stereocenters. The highest BCUT2D eigenvalue weighted by Crippen LogP contribution is 2.29. The third-order valence-electron chi connectivity index (χ3n) is 2.61. The maximum atomic E-state index is 11.3. The molecule has 0 atom stereocenters. The zero-order valence-electron chi connectivity index (χ0n) is 9.54. The van der Waals surface area contributed by atoms with Crippen LogP contribution in [-0.2, 0) is 16.0 Å². The van der Waals surface area contributed by atoms with Gasteiger partial charge in [-0.15, -0.1) is 0 Å². The Balaban J connectivity index is 2.52. The summed E-state index contributed by atoms with van der Waals surface area (Å²) < 4.78 is 9.79. The van der Waals surface area contributed by atoms with E-state index >= 15 is 0 Å². The Labute approximate surface area is 103 Å². The van der Waals surface area contributed by atoms with E-state index in [1.165, 1.54) is 7.11 Å². The highest BCUT2D eigenvalue weighted by molar-refractivity contribution is 6.32. The van der Waals surface area contributed by atoms with Crippen LogP contribution in [0.4, 0.5) is 0 Å². The van der Waals surface area contributed by atoms with Crippen LogP contribution in [0.25, 0.3) is 10.9 Å². The maximum absolute atomic E-state index is 11.3. The zero-order chi connectivity index (χ0) is 12.4. The van der Waals surface area contributed by atoms with Crippen LogP contribution in [0.15, 0.2) is 18.2 Å². The minimum atomic E-state index is -0.324. The molecule has 4 nitrogen and oxygen atoms in total. The molecule has 0 spiro atoms. The smallest absolute Gasteiger partial charge is 0.310 e. The fourth-order valence-electron chi connectivity index (χ4n) is 1.71. The molecule has 0 bridgehead atoms. The first-order chi connectivity index (χ1) is 8.15. The summed E-state index contributed by atoms with van der Waals surface area (Å²) >= 11 is 6.06. The first-order valence-corrected chi connectivity index (χ1v) is 5.44. The minimum Gasteiger partial charge on any atom is -0.497 e. The Morgan fingerprint density at radius 3 is 2.82 bits per heavy atom. The summed E-state index contributed by atoms with van der Waals surface area (Å²) in [6.07, 6.45) is 0.141. The molecule has 1 heterocycles. The molecule has 0 aliphatic carbocycles. The number of nitrogens with one attached hydrogen (secondary N) is 1. The van der Waals surface area contributed by atoms with E-state index in [0.29, 0.717) is 5.15 Å². The van der Waals surface area contributed by atoms with E-state index in [0.717, 1.165) is 22.2 Å². The van der Waals surface area contributed by atoms with Crippen LogP contribution >= 0.6 is 11.6 Å². The van der Waals surface area contributed by atoms with Gasteiger partial charge < -0.3 is 14.5 Å². The number of carbonyl (C=O) groups excluding carboxylic acids is 1. The van der Waals surface area contributed by atoms with Gasteiger partial charge in [-0.3, -0.25) is 4.79 Å². The van der Waals surface area contributed by atoms with Crippen molar-refractivity contribution in [2.24, 2.45) is 0 Å². The number of methoxy groups -OCH3 is 2. The second-order valence-corrected chi connectivity index (χ2v) is 3.96.